The summed E-state index contributed by atoms with van der Waals surface area (Å²) in [6.07, 6.45) is 8.70. The molecule has 0 aromatic carbocycles. The Labute approximate surface area is 157 Å². The largest absolute Gasteiger partial charge is 0.382 e. The maximum atomic E-state index is 12.0. The predicted molar refractivity (Wildman–Crippen MR) is 106 cm³/mol. The van der Waals surface area contributed by atoms with Gasteiger partial charge in [0.2, 0.25) is 10.0 Å². The smallest absolute Gasteiger partial charge is 0.213 e. The van der Waals surface area contributed by atoms with Gasteiger partial charge in [-0.15, -0.1) is 0 Å². The molecule has 0 unspecified atom stereocenters. The predicted octanol–water partition coefficient (Wildman–Crippen LogP) is 2.77. The summed E-state index contributed by atoms with van der Waals surface area (Å²) in [7, 11) is -1.36. The van der Waals surface area contributed by atoms with Crippen LogP contribution < -0.4 is 10.0 Å². The number of nitrogens with one attached hydrogen (secondary N) is 2. The van der Waals surface area contributed by atoms with Crippen molar-refractivity contribution < 1.29 is 8.42 Å². The molecule has 1 aliphatic carbocycles. The molecule has 1 saturated carbocycles. The van der Waals surface area contributed by atoms with Crippen LogP contribution in [-0.2, 0) is 15.4 Å². The average Bonchev–Trinajstić information content (AvgIpc) is 2.62. The molecule has 7 heteroatoms. The van der Waals surface area contributed by atoms with Crippen molar-refractivity contribution in [2.45, 2.75) is 56.6 Å². The third-order valence-electron chi connectivity index (χ3n) is 5.31. The summed E-state index contributed by atoms with van der Waals surface area (Å²) in [4.78, 5) is 4.98. The highest BCUT2D eigenvalue weighted by atomic mass is 32.2. The second-order valence-corrected chi connectivity index (χ2v) is 9.74. The van der Waals surface area contributed by atoms with Gasteiger partial charge in [-0.3, -0.25) is 4.98 Å². The molecule has 0 radical (unpaired) electrons. The first-order chi connectivity index (χ1) is 11.8. The van der Waals surface area contributed by atoms with Crippen molar-refractivity contribution >= 4 is 27.2 Å². The molecule has 0 spiro atoms. The van der Waals surface area contributed by atoms with Gasteiger partial charge in [0.1, 0.15) is 0 Å². The molecule has 0 amide bonds. The number of rotatable bonds is 7. The summed E-state index contributed by atoms with van der Waals surface area (Å²) < 4.78 is 26.8. The minimum absolute atomic E-state index is 0.242. The van der Waals surface area contributed by atoms with Crippen molar-refractivity contribution in [3.63, 3.8) is 0 Å². The fourth-order valence-corrected chi connectivity index (χ4v) is 4.98. The molecule has 1 aromatic heterocycles. The quantitative estimate of drug-likeness (QED) is 0.709. The molecule has 5 nitrogen and oxygen atoms in total. The van der Waals surface area contributed by atoms with Gasteiger partial charge >= 0.3 is 0 Å². The average molecular weight is 384 g/mol. The number of thiocarbonyl (C=S) groups is 1. The van der Waals surface area contributed by atoms with Gasteiger partial charge in [-0.05, 0) is 56.7 Å². The lowest BCUT2D eigenvalue weighted by atomic mass is 9.61. The van der Waals surface area contributed by atoms with Crippen molar-refractivity contribution in [2.75, 3.05) is 13.6 Å². The minimum Gasteiger partial charge on any atom is -0.382 e. The summed E-state index contributed by atoms with van der Waals surface area (Å²) in [6, 6.07) is 4.08. The van der Waals surface area contributed by atoms with Gasteiger partial charge in [0.25, 0.3) is 0 Å². The maximum absolute atomic E-state index is 12.0. The van der Waals surface area contributed by atoms with E-state index in [0.29, 0.717) is 12.5 Å². The molecule has 1 aromatic rings. The molecule has 2 N–H and O–H groups in total. The molecule has 0 bridgehead atoms. The van der Waals surface area contributed by atoms with E-state index in [4.69, 9.17) is 12.2 Å². The van der Waals surface area contributed by atoms with Crippen LogP contribution in [-0.4, -0.2) is 37.2 Å². The molecule has 2 atom stereocenters. The van der Waals surface area contributed by atoms with Crippen molar-refractivity contribution in [2.24, 2.45) is 5.92 Å². The van der Waals surface area contributed by atoms with E-state index in [-0.39, 0.29) is 5.41 Å². The molecule has 2 rings (SSSR count). The molecular weight excluding hydrogens is 354 g/mol. The van der Waals surface area contributed by atoms with Gasteiger partial charge in [-0.1, -0.05) is 25.1 Å². The van der Waals surface area contributed by atoms with Crippen LogP contribution in [0.4, 0.5) is 0 Å². The van der Waals surface area contributed by atoms with Gasteiger partial charge in [0.05, 0.1) is 10.2 Å². The van der Waals surface area contributed by atoms with Crippen LogP contribution in [0.1, 0.15) is 51.5 Å². The van der Waals surface area contributed by atoms with E-state index in [1.165, 1.54) is 5.56 Å². The Morgan fingerprint density at radius 1 is 1.36 bits per heavy atom. The first-order valence-electron chi connectivity index (χ1n) is 8.95. The van der Waals surface area contributed by atoms with E-state index >= 15 is 0 Å². The van der Waals surface area contributed by atoms with Gasteiger partial charge < -0.3 is 5.32 Å². The highest BCUT2D eigenvalue weighted by molar-refractivity contribution is 7.90. The van der Waals surface area contributed by atoms with Crippen LogP contribution >= 0.6 is 12.2 Å². The summed E-state index contributed by atoms with van der Waals surface area (Å²) in [5.41, 5.74) is 0.937. The summed E-state index contributed by atoms with van der Waals surface area (Å²) in [5.74, 6) is 0.304. The van der Waals surface area contributed by atoms with E-state index in [1.54, 1.807) is 13.8 Å². The molecule has 1 fully saturated rings. The monoisotopic (exact) mass is 383 g/mol. The number of hydrogen-bond acceptors (Lipinski definition) is 4. The topological polar surface area (TPSA) is 71.1 Å². The SMILES string of the molecule is CNC(=S)[C@]1(c2ccncc2)CCCC[C@H]1CCNS(=O)(=O)C(C)C. The molecule has 0 aliphatic heterocycles. The van der Waals surface area contributed by atoms with E-state index in [9.17, 15) is 8.42 Å². The zero-order chi connectivity index (χ0) is 18.5. The molecule has 0 saturated heterocycles. The second-order valence-electron chi connectivity index (χ2n) is 7.01. The Morgan fingerprint density at radius 2 is 2.04 bits per heavy atom. The zero-order valence-electron chi connectivity index (χ0n) is 15.3. The Hall–Kier alpha value is -1.05. The first-order valence-corrected chi connectivity index (χ1v) is 10.9. The Morgan fingerprint density at radius 3 is 2.64 bits per heavy atom. The fourth-order valence-electron chi connectivity index (χ4n) is 3.86. The lowest BCUT2D eigenvalue weighted by Crippen LogP contribution is -2.50. The standard InChI is InChI=1S/C18H29N3O2S2/c1-14(2)25(22,23)21-13-9-15-6-4-5-10-18(15,17(24)19-3)16-7-11-20-12-8-16/h7-8,11-12,14-15,21H,4-6,9-10,13H2,1-3H3,(H,19,24)/t15-,18+/m0/s1. The summed E-state index contributed by atoms with van der Waals surface area (Å²) in [5, 5.41) is 2.79. The number of likely N-dealkylation sites (N-methyl/N-ethyl adjacent to an activating group) is 1. The Bertz CT molecular complexity index is 677. The second kappa shape index (κ2) is 8.56. The first kappa shape index (κ1) is 20.3. The van der Waals surface area contributed by atoms with Crippen molar-refractivity contribution in [3.05, 3.63) is 30.1 Å². The summed E-state index contributed by atoms with van der Waals surface area (Å²) >= 11 is 5.74. The molecule has 140 valence electrons. The van der Waals surface area contributed by atoms with Crippen molar-refractivity contribution in [1.82, 2.24) is 15.0 Å². The van der Waals surface area contributed by atoms with Gasteiger partial charge in [-0.25, -0.2) is 13.1 Å². The zero-order valence-corrected chi connectivity index (χ0v) is 16.9. The van der Waals surface area contributed by atoms with Crippen LogP contribution in [0.5, 0.6) is 0 Å². The molecule has 1 heterocycles. The van der Waals surface area contributed by atoms with Gasteiger partial charge in [0, 0.05) is 31.4 Å². The van der Waals surface area contributed by atoms with E-state index in [0.717, 1.165) is 37.1 Å². The fraction of sp³-hybridized carbons (Fsp3) is 0.667. The lowest BCUT2D eigenvalue weighted by molar-refractivity contribution is 0.239. The minimum atomic E-state index is -3.24. The molecule has 25 heavy (non-hydrogen) atoms. The van der Waals surface area contributed by atoms with Gasteiger partial charge in [-0.2, -0.15) is 0 Å². The van der Waals surface area contributed by atoms with E-state index < -0.39 is 15.3 Å². The Balaban J connectivity index is 2.25. The number of sulfonamides is 1. The Kier molecular flexibility index (Phi) is 6.93. The third-order valence-corrected chi connectivity index (χ3v) is 7.73. The molecular formula is C18H29N3O2S2. The number of hydrogen-bond donors (Lipinski definition) is 2. The summed E-state index contributed by atoms with van der Waals surface area (Å²) in [6.45, 7) is 3.84. The normalized spacial score (nSPS) is 24.2. The number of aromatic nitrogens is 1. The van der Waals surface area contributed by atoms with E-state index in [2.05, 4.69) is 15.0 Å². The van der Waals surface area contributed by atoms with Crippen molar-refractivity contribution in [1.29, 1.82) is 0 Å². The van der Waals surface area contributed by atoms with E-state index in [1.807, 2.05) is 31.6 Å². The molecule has 1 aliphatic rings. The number of pyridine rings is 1. The third kappa shape index (κ3) is 4.38. The van der Waals surface area contributed by atoms with Crippen LogP contribution in [0.3, 0.4) is 0 Å². The maximum Gasteiger partial charge on any atom is 0.213 e. The highest BCUT2D eigenvalue weighted by Gasteiger charge is 2.45. The van der Waals surface area contributed by atoms with Crippen LogP contribution in [0.25, 0.3) is 0 Å². The highest BCUT2D eigenvalue weighted by Crippen LogP contribution is 2.46. The lowest BCUT2D eigenvalue weighted by Gasteiger charge is -2.45. The van der Waals surface area contributed by atoms with Gasteiger partial charge in [0.15, 0.2) is 0 Å². The van der Waals surface area contributed by atoms with Crippen LogP contribution in [0, 0.1) is 5.92 Å². The van der Waals surface area contributed by atoms with Crippen LogP contribution in [0.15, 0.2) is 24.5 Å². The van der Waals surface area contributed by atoms with Crippen molar-refractivity contribution in [3.8, 4) is 0 Å². The van der Waals surface area contributed by atoms with Crippen LogP contribution in [0.2, 0.25) is 0 Å². The number of nitrogens with zero attached hydrogens (tertiary/aromatic N) is 1.